The van der Waals surface area contributed by atoms with E-state index in [2.05, 4.69) is 15.5 Å². The molecule has 0 aromatic carbocycles. The fourth-order valence-electron chi connectivity index (χ4n) is 3.78. The molecule has 1 aliphatic heterocycles. The highest BCUT2D eigenvalue weighted by atomic mass is 32.2. The van der Waals surface area contributed by atoms with Gasteiger partial charge in [-0.25, -0.2) is 13.1 Å². The average Bonchev–Trinajstić information content (AvgIpc) is 3.14. The minimum Gasteiger partial charge on any atom is -0.494 e. The zero-order valence-corrected chi connectivity index (χ0v) is 20.0. The Bertz CT molecular complexity index is 1120. The second-order valence-corrected chi connectivity index (χ2v) is 11.1. The number of thiophene rings is 1. The van der Waals surface area contributed by atoms with Gasteiger partial charge in [0.25, 0.3) is 15.9 Å². The number of aromatic nitrogens is 2. The molecule has 0 unspecified atom stereocenters. The Morgan fingerprint density at radius 3 is 2.76 bits per heavy atom. The Labute approximate surface area is 195 Å². The van der Waals surface area contributed by atoms with Crippen molar-refractivity contribution in [3.05, 3.63) is 22.7 Å². The Morgan fingerprint density at radius 2 is 2.09 bits per heavy atom. The number of amides is 2. The van der Waals surface area contributed by atoms with Gasteiger partial charge in [-0.05, 0) is 38.5 Å². The number of carbonyl (C=O) groups is 2. The van der Waals surface area contributed by atoms with Crippen LogP contribution in [0.15, 0.2) is 14.8 Å². The molecule has 180 valence electrons. The summed E-state index contributed by atoms with van der Waals surface area (Å²) < 4.78 is 43.3. The summed E-state index contributed by atoms with van der Waals surface area (Å²) in [7, 11) is -2.90. The van der Waals surface area contributed by atoms with Crippen molar-refractivity contribution in [1.29, 1.82) is 0 Å². The predicted molar refractivity (Wildman–Crippen MR) is 117 cm³/mol. The number of rotatable bonds is 10. The molecule has 1 aliphatic carbocycles. The fraction of sp³-hybridized carbons (Fsp3) is 0.600. The van der Waals surface area contributed by atoms with E-state index < -0.39 is 15.9 Å². The maximum Gasteiger partial charge on any atom is 0.277 e. The normalized spacial score (nSPS) is 20.5. The van der Waals surface area contributed by atoms with Gasteiger partial charge in [-0.15, -0.1) is 11.3 Å². The summed E-state index contributed by atoms with van der Waals surface area (Å²) in [5.74, 6) is 0.296. The standard InChI is InChI=1S/C20H26N4O7S2/c1-11-21-17(31-23-11)5-3-4-16(25)24-33(27,28)20-14(29-2)10-15(32-20)19(26)22-13-8-9-30-18(13)12-6-7-12/h10,12-13,18H,3-9H2,1-2H3,(H,22,26)(H,24,25)/t13-,18+/m1/s1. The molecule has 2 N–H and O–H groups in total. The van der Waals surface area contributed by atoms with Crippen molar-refractivity contribution in [2.45, 2.75) is 61.8 Å². The van der Waals surface area contributed by atoms with Gasteiger partial charge >= 0.3 is 0 Å². The molecule has 4 rings (SSSR count). The van der Waals surface area contributed by atoms with Gasteiger partial charge in [-0.1, -0.05) is 5.16 Å². The molecule has 11 nitrogen and oxygen atoms in total. The number of nitrogens with zero attached hydrogens (tertiary/aromatic N) is 2. The van der Waals surface area contributed by atoms with Crippen LogP contribution >= 0.6 is 11.3 Å². The van der Waals surface area contributed by atoms with Crippen LogP contribution in [0.2, 0.25) is 0 Å². The van der Waals surface area contributed by atoms with Crippen LogP contribution in [-0.4, -0.2) is 56.2 Å². The Morgan fingerprint density at radius 1 is 1.30 bits per heavy atom. The number of hydrogen-bond donors (Lipinski definition) is 2. The van der Waals surface area contributed by atoms with Crippen LogP contribution < -0.4 is 14.8 Å². The van der Waals surface area contributed by atoms with Crippen molar-refractivity contribution in [3.8, 4) is 5.75 Å². The molecule has 0 radical (unpaired) electrons. The van der Waals surface area contributed by atoms with Crippen molar-refractivity contribution in [2.75, 3.05) is 13.7 Å². The van der Waals surface area contributed by atoms with Crippen molar-refractivity contribution < 1.29 is 32.0 Å². The smallest absolute Gasteiger partial charge is 0.277 e. The highest BCUT2D eigenvalue weighted by Crippen LogP contribution is 2.39. The highest BCUT2D eigenvalue weighted by molar-refractivity contribution is 7.92. The molecule has 1 saturated carbocycles. The maximum absolute atomic E-state index is 12.8. The van der Waals surface area contributed by atoms with E-state index in [1.807, 2.05) is 4.72 Å². The first-order chi connectivity index (χ1) is 15.8. The van der Waals surface area contributed by atoms with E-state index in [4.69, 9.17) is 14.0 Å². The maximum atomic E-state index is 12.8. The van der Waals surface area contributed by atoms with Crippen LogP contribution in [0, 0.1) is 12.8 Å². The van der Waals surface area contributed by atoms with E-state index in [0.29, 0.717) is 37.1 Å². The van der Waals surface area contributed by atoms with Crippen LogP contribution in [0.25, 0.3) is 0 Å². The topological polar surface area (TPSA) is 150 Å². The number of ether oxygens (including phenoxy) is 2. The number of nitrogens with one attached hydrogen (secondary N) is 2. The summed E-state index contributed by atoms with van der Waals surface area (Å²) in [4.78, 5) is 29.2. The van der Waals surface area contributed by atoms with E-state index in [1.165, 1.54) is 13.2 Å². The lowest BCUT2D eigenvalue weighted by Gasteiger charge is -2.18. The third kappa shape index (κ3) is 5.71. The van der Waals surface area contributed by atoms with E-state index in [1.54, 1.807) is 6.92 Å². The van der Waals surface area contributed by atoms with Gasteiger partial charge in [-0.2, -0.15) is 4.98 Å². The third-order valence-corrected chi connectivity index (χ3v) is 8.51. The molecular formula is C20H26N4O7S2. The molecule has 13 heteroatoms. The minimum absolute atomic E-state index is 0.00759. The summed E-state index contributed by atoms with van der Waals surface area (Å²) in [6.45, 7) is 2.28. The van der Waals surface area contributed by atoms with Crippen LogP contribution in [0.1, 0.15) is 53.5 Å². The van der Waals surface area contributed by atoms with Crippen molar-refractivity contribution >= 4 is 33.2 Å². The van der Waals surface area contributed by atoms with Gasteiger partial charge in [0.1, 0.15) is 0 Å². The molecule has 2 amide bonds. The van der Waals surface area contributed by atoms with Gasteiger partial charge < -0.3 is 19.3 Å². The summed E-state index contributed by atoms with van der Waals surface area (Å²) in [5.41, 5.74) is 0. The molecule has 0 bridgehead atoms. The van der Waals surface area contributed by atoms with Crippen LogP contribution in [-0.2, 0) is 26.0 Å². The fourth-order valence-corrected chi connectivity index (χ4v) is 6.28. The number of sulfonamides is 1. The van der Waals surface area contributed by atoms with E-state index in [9.17, 15) is 18.0 Å². The van der Waals surface area contributed by atoms with Gasteiger partial charge in [-0.3, -0.25) is 9.59 Å². The van der Waals surface area contributed by atoms with E-state index in [-0.39, 0.29) is 39.3 Å². The lowest BCUT2D eigenvalue weighted by atomic mass is 10.1. The molecule has 2 fully saturated rings. The Kier molecular flexibility index (Phi) is 7.00. The monoisotopic (exact) mass is 498 g/mol. The number of carbonyl (C=O) groups excluding carboxylic acids is 2. The molecule has 1 saturated heterocycles. The highest BCUT2D eigenvalue weighted by Gasteiger charge is 2.41. The molecule has 33 heavy (non-hydrogen) atoms. The van der Waals surface area contributed by atoms with Crippen LogP contribution in [0.5, 0.6) is 5.75 Å². The molecule has 2 aliphatic rings. The minimum atomic E-state index is -4.21. The van der Waals surface area contributed by atoms with Crippen molar-refractivity contribution in [3.63, 3.8) is 0 Å². The lowest BCUT2D eigenvalue weighted by Crippen LogP contribution is -2.41. The molecule has 2 aromatic rings. The van der Waals surface area contributed by atoms with Gasteiger partial charge in [0.05, 0.1) is 24.1 Å². The van der Waals surface area contributed by atoms with Crippen LogP contribution in [0.4, 0.5) is 0 Å². The molecule has 0 spiro atoms. The quantitative estimate of drug-likeness (QED) is 0.497. The third-order valence-electron chi connectivity index (χ3n) is 5.50. The Balaban J connectivity index is 1.37. The molecule has 2 atom stereocenters. The predicted octanol–water partition coefficient (Wildman–Crippen LogP) is 1.57. The zero-order chi connectivity index (χ0) is 23.6. The first-order valence-electron chi connectivity index (χ1n) is 10.7. The number of methoxy groups -OCH3 is 1. The van der Waals surface area contributed by atoms with Crippen LogP contribution in [0.3, 0.4) is 0 Å². The molecule has 2 aromatic heterocycles. The summed E-state index contributed by atoms with van der Waals surface area (Å²) in [5, 5.41) is 6.62. The van der Waals surface area contributed by atoms with Gasteiger partial charge in [0.2, 0.25) is 11.8 Å². The summed E-state index contributed by atoms with van der Waals surface area (Å²) in [6.07, 6.45) is 3.57. The second kappa shape index (κ2) is 9.77. The number of hydrogen-bond acceptors (Lipinski definition) is 10. The van der Waals surface area contributed by atoms with Gasteiger partial charge in [0, 0.05) is 25.5 Å². The van der Waals surface area contributed by atoms with E-state index >= 15 is 0 Å². The zero-order valence-electron chi connectivity index (χ0n) is 18.3. The van der Waals surface area contributed by atoms with Gasteiger partial charge in [0.15, 0.2) is 15.8 Å². The SMILES string of the molecule is COc1cc(C(=O)N[C@@H]2CCO[C@H]2C2CC2)sc1S(=O)(=O)NC(=O)CCCc1nc(C)no1. The largest absolute Gasteiger partial charge is 0.494 e. The molecule has 3 heterocycles. The molecular weight excluding hydrogens is 472 g/mol. The second-order valence-electron chi connectivity index (χ2n) is 8.13. The Hall–Kier alpha value is -2.51. The van der Waals surface area contributed by atoms with Crippen molar-refractivity contribution in [2.24, 2.45) is 5.92 Å². The number of aryl methyl sites for hydroxylation is 2. The van der Waals surface area contributed by atoms with Crippen molar-refractivity contribution in [1.82, 2.24) is 20.2 Å². The summed E-state index contributed by atoms with van der Waals surface area (Å²) >= 11 is 0.759. The average molecular weight is 499 g/mol. The van der Waals surface area contributed by atoms with E-state index in [0.717, 1.165) is 30.6 Å². The first-order valence-corrected chi connectivity index (χ1v) is 13.0. The first kappa shape index (κ1) is 23.6. The lowest BCUT2D eigenvalue weighted by molar-refractivity contribution is -0.119. The summed E-state index contributed by atoms with van der Waals surface area (Å²) in [6, 6.07) is 1.28.